The smallest absolute Gasteiger partial charge is 0.222 e. The molecule has 1 fully saturated rings. The van der Waals surface area contributed by atoms with E-state index >= 15 is 0 Å². The zero-order chi connectivity index (χ0) is 18.9. The van der Waals surface area contributed by atoms with E-state index in [1.807, 2.05) is 6.07 Å². The Kier molecular flexibility index (Phi) is 10.4. The highest BCUT2D eigenvalue weighted by molar-refractivity contribution is 14.0. The predicted molar refractivity (Wildman–Crippen MR) is 121 cm³/mol. The van der Waals surface area contributed by atoms with Crippen LogP contribution in [0.15, 0.2) is 23.3 Å². The molecular weight excluding hydrogens is 455 g/mol. The molecule has 1 aromatic heterocycles. The zero-order valence-corrected chi connectivity index (χ0v) is 18.9. The Balaban J connectivity index is 0.00000364. The predicted octanol–water partition coefficient (Wildman–Crippen LogP) is 2.11. The number of hydrogen-bond donors (Lipinski definition) is 3. The molecule has 1 unspecified atom stereocenters. The summed E-state index contributed by atoms with van der Waals surface area (Å²) in [5.41, 5.74) is 6.59. The van der Waals surface area contributed by atoms with Crippen molar-refractivity contribution in [1.82, 2.24) is 15.6 Å². The summed E-state index contributed by atoms with van der Waals surface area (Å²) in [5, 5.41) is 6.69. The number of amides is 1. The van der Waals surface area contributed by atoms with Crippen molar-refractivity contribution in [3.63, 3.8) is 0 Å². The summed E-state index contributed by atoms with van der Waals surface area (Å²) in [6.07, 6.45) is 4.71. The van der Waals surface area contributed by atoms with E-state index in [0.717, 1.165) is 49.7 Å². The van der Waals surface area contributed by atoms with Gasteiger partial charge in [0.1, 0.15) is 5.82 Å². The third-order valence-electron chi connectivity index (χ3n) is 4.67. The van der Waals surface area contributed by atoms with E-state index in [0.29, 0.717) is 19.0 Å². The lowest BCUT2D eigenvalue weighted by atomic mass is 9.97. The van der Waals surface area contributed by atoms with Crippen molar-refractivity contribution < 1.29 is 4.79 Å². The van der Waals surface area contributed by atoms with Crippen molar-refractivity contribution in [2.75, 3.05) is 31.6 Å². The molecule has 0 spiro atoms. The summed E-state index contributed by atoms with van der Waals surface area (Å²) in [6, 6.07) is 4.00. The van der Waals surface area contributed by atoms with Crippen LogP contribution in [0.4, 0.5) is 5.82 Å². The molecule has 2 rings (SSSR count). The molecular formula is C19H33IN6O. The van der Waals surface area contributed by atoms with Crippen molar-refractivity contribution >= 4 is 41.7 Å². The van der Waals surface area contributed by atoms with Crippen molar-refractivity contribution in [3.8, 4) is 0 Å². The van der Waals surface area contributed by atoms with Gasteiger partial charge in [0, 0.05) is 45.0 Å². The fourth-order valence-corrected chi connectivity index (χ4v) is 3.13. The Hall–Kier alpha value is -1.58. The number of nitrogens with one attached hydrogen (secondary N) is 2. The van der Waals surface area contributed by atoms with E-state index in [9.17, 15) is 4.79 Å². The van der Waals surface area contributed by atoms with Crippen LogP contribution in [0.5, 0.6) is 0 Å². The summed E-state index contributed by atoms with van der Waals surface area (Å²) in [7, 11) is 1.77. The van der Waals surface area contributed by atoms with E-state index in [1.165, 1.54) is 0 Å². The number of guanidine groups is 1. The first kappa shape index (κ1) is 23.5. The van der Waals surface area contributed by atoms with E-state index in [2.05, 4.69) is 45.4 Å². The van der Waals surface area contributed by atoms with Gasteiger partial charge in [-0.05, 0) is 31.2 Å². The second kappa shape index (κ2) is 12.0. The van der Waals surface area contributed by atoms with Crippen molar-refractivity contribution in [2.45, 2.75) is 39.7 Å². The number of piperidine rings is 1. The molecule has 0 aromatic carbocycles. The second-order valence-electron chi connectivity index (χ2n) is 7.21. The molecule has 1 amide bonds. The molecule has 0 saturated carbocycles. The fourth-order valence-electron chi connectivity index (χ4n) is 3.13. The molecule has 8 heteroatoms. The van der Waals surface area contributed by atoms with E-state index < -0.39 is 0 Å². The number of rotatable bonds is 7. The lowest BCUT2D eigenvalue weighted by molar-refractivity contribution is -0.122. The van der Waals surface area contributed by atoms with Crippen LogP contribution in [-0.4, -0.2) is 43.5 Å². The van der Waals surface area contributed by atoms with Crippen LogP contribution in [0.25, 0.3) is 0 Å². The largest absolute Gasteiger partial charge is 0.369 e. The molecule has 0 aliphatic carbocycles. The molecule has 1 aliphatic heterocycles. The number of nitrogens with two attached hydrogens (primary N) is 1. The molecule has 1 saturated heterocycles. The van der Waals surface area contributed by atoms with Crippen LogP contribution >= 0.6 is 24.0 Å². The van der Waals surface area contributed by atoms with Crippen LogP contribution in [0.1, 0.15) is 38.7 Å². The maximum absolute atomic E-state index is 11.6. The van der Waals surface area contributed by atoms with Crippen LogP contribution < -0.4 is 21.3 Å². The first-order valence-corrected chi connectivity index (χ1v) is 9.44. The number of carbonyl (C=O) groups excluding carboxylic acids is 1. The van der Waals surface area contributed by atoms with Crippen LogP contribution in [0, 0.1) is 11.8 Å². The summed E-state index contributed by atoms with van der Waals surface area (Å²) >= 11 is 0. The molecule has 1 aromatic rings. The highest BCUT2D eigenvalue weighted by atomic mass is 127. The molecule has 1 atom stereocenters. The van der Waals surface area contributed by atoms with Gasteiger partial charge in [0.2, 0.25) is 5.91 Å². The first-order valence-electron chi connectivity index (χ1n) is 9.44. The fraction of sp³-hybridized carbons (Fsp3) is 0.632. The molecule has 0 radical (unpaired) electrons. The number of aliphatic imine (C=N–C) groups is 1. The van der Waals surface area contributed by atoms with Gasteiger partial charge in [0.25, 0.3) is 0 Å². The van der Waals surface area contributed by atoms with Gasteiger partial charge in [-0.3, -0.25) is 9.79 Å². The molecule has 7 nitrogen and oxygen atoms in total. The van der Waals surface area contributed by atoms with Gasteiger partial charge < -0.3 is 21.3 Å². The lowest BCUT2D eigenvalue weighted by Crippen LogP contribution is -2.42. The molecule has 2 heterocycles. The highest BCUT2D eigenvalue weighted by Crippen LogP contribution is 2.24. The maximum Gasteiger partial charge on any atom is 0.222 e. The van der Waals surface area contributed by atoms with Gasteiger partial charge in [-0.25, -0.2) is 4.98 Å². The van der Waals surface area contributed by atoms with Gasteiger partial charge in [-0.15, -0.1) is 24.0 Å². The van der Waals surface area contributed by atoms with Gasteiger partial charge in [0.15, 0.2) is 5.96 Å². The minimum atomic E-state index is -0.222. The lowest BCUT2D eigenvalue weighted by Gasteiger charge is -2.33. The Morgan fingerprint density at radius 3 is 2.89 bits per heavy atom. The first-order chi connectivity index (χ1) is 12.5. The van der Waals surface area contributed by atoms with Crippen molar-refractivity contribution in [3.05, 3.63) is 23.9 Å². The van der Waals surface area contributed by atoms with Crippen LogP contribution in [-0.2, 0) is 11.3 Å². The van der Waals surface area contributed by atoms with Crippen molar-refractivity contribution in [1.29, 1.82) is 0 Å². The molecule has 27 heavy (non-hydrogen) atoms. The van der Waals surface area contributed by atoms with Crippen LogP contribution in [0.2, 0.25) is 0 Å². The Morgan fingerprint density at radius 1 is 1.44 bits per heavy atom. The van der Waals surface area contributed by atoms with E-state index in [-0.39, 0.29) is 35.8 Å². The highest BCUT2D eigenvalue weighted by Gasteiger charge is 2.25. The summed E-state index contributed by atoms with van der Waals surface area (Å²) in [5.74, 6) is 2.04. The number of pyridine rings is 1. The standard InChI is InChI=1S/C19H32N6O.HI/c1-14(2)8-10-23-19(21-3)24-12-15-6-4-9-22-18(15)25-11-5-7-16(13-25)17(20)26;/h4,6,9,14,16H,5,7-8,10-13H2,1-3H3,(H2,20,26)(H2,21,23,24);1H. The molecule has 0 bridgehead atoms. The monoisotopic (exact) mass is 488 g/mol. The Morgan fingerprint density at radius 2 is 2.22 bits per heavy atom. The average molecular weight is 488 g/mol. The van der Waals surface area contributed by atoms with Gasteiger partial charge >= 0.3 is 0 Å². The Labute approximate surface area is 179 Å². The van der Waals surface area contributed by atoms with Gasteiger partial charge in [-0.2, -0.15) is 0 Å². The van der Waals surface area contributed by atoms with E-state index in [1.54, 1.807) is 13.2 Å². The van der Waals surface area contributed by atoms with Gasteiger partial charge in [0.05, 0.1) is 5.92 Å². The third kappa shape index (κ3) is 7.51. The Bertz CT molecular complexity index is 622. The summed E-state index contributed by atoms with van der Waals surface area (Å²) in [4.78, 5) is 22.6. The third-order valence-corrected chi connectivity index (χ3v) is 4.67. The second-order valence-corrected chi connectivity index (χ2v) is 7.21. The van der Waals surface area contributed by atoms with Crippen molar-refractivity contribution in [2.24, 2.45) is 22.6 Å². The zero-order valence-electron chi connectivity index (χ0n) is 16.6. The van der Waals surface area contributed by atoms with Crippen LogP contribution in [0.3, 0.4) is 0 Å². The minimum absolute atomic E-state index is 0. The van der Waals surface area contributed by atoms with Gasteiger partial charge in [-0.1, -0.05) is 19.9 Å². The SMILES string of the molecule is CN=C(NCCC(C)C)NCc1cccnc1N1CCCC(C(N)=O)C1.I. The number of hydrogen-bond acceptors (Lipinski definition) is 4. The molecule has 1 aliphatic rings. The van der Waals surface area contributed by atoms with E-state index in [4.69, 9.17) is 5.73 Å². The normalized spacial score (nSPS) is 17.4. The minimum Gasteiger partial charge on any atom is -0.369 e. The summed E-state index contributed by atoms with van der Waals surface area (Å²) in [6.45, 7) is 7.47. The average Bonchev–Trinajstić information content (AvgIpc) is 2.64. The number of halogens is 1. The number of primary amides is 1. The maximum atomic E-state index is 11.6. The number of anilines is 1. The molecule has 4 N–H and O–H groups in total. The summed E-state index contributed by atoms with van der Waals surface area (Å²) < 4.78 is 0. The molecule has 152 valence electrons. The quantitative estimate of drug-likeness (QED) is 0.311. The topological polar surface area (TPSA) is 95.6 Å². The number of aromatic nitrogens is 1. The number of carbonyl (C=O) groups is 1. The number of nitrogens with zero attached hydrogens (tertiary/aromatic N) is 3.